The van der Waals surface area contributed by atoms with Crippen molar-refractivity contribution in [1.29, 1.82) is 5.26 Å². The fourth-order valence-electron chi connectivity index (χ4n) is 1.26. The van der Waals surface area contributed by atoms with Gasteiger partial charge >= 0.3 is 0 Å². The predicted octanol–water partition coefficient (Wildman–Crippen LogP) is 1.91. The summed E-state index contributed by atoms with van der Waals surface area (Å²) in [5, 5.41) is 19.0. The summed E-state index contributed by atoms with van der Waals surface area (Å²) in [6, 6.07) is 7.96. The van der Waals surface area contributed by atoms with E-state index < -0.39 is 4.92 Å². The Balaban J connectivity index is 2.27. The molecule has 0 amide bonds. The highest BCUT2D eigenvalue weighted by Gasteiger charge is 2.16. The lowest BCUT2D eigenvalue weighted by atomic mass is 9.99. The highest BCUT2D eigenvalue weighted by molar-refractivity contribution is 6.35. The lowest BCUT2D eigenvalue weighted by Crippen LogP contribution is -2.05. The van der Waals surface area contributed by atoms with Crippen LogP contribution in [0.4, 0.5) is 5.69 Å². The van der Waals surface area contributed by atoms with Crippen LogP contribution in [-0.4, -0.2) is 10.6 Å². The molecule has 1 aromatic rings. The third-order valence-corrected chi connectivity index (χ3v) is 2.07. The number of nitriles is 1. The van der Waals surface area contributed by atoms with Crippen molar-refractivity contribution >= 4 is 17.0 Å². The zero-order valence-electron chi connectivity index (χ0n) is 7.54. The first kappa shape index (κ1) is 9.09. The molecule has 0 saturated carbocycles. The van der Waals surface area contributed by atoms with E-state index in [-0.39, 0.29) is 5.69 Å². The number of hydrogen-bond donors (Lipinski definition) is 0. The van der Waals surface area contributed by atoms with E-state index in [0.717, 1.165) is 11.1 Å². The van der Waals surface area contributed by atoms with Gasteiger partial charge < -0.3 is 0 Å². The molecular formula is C10H5N3O2. The lowest BCUT2D eigenvalue weighted by molar-refractivity contribution is -0.384. The van der Waals surface area contributed by atoms with Gasteiger partial charge in [0.25, 0.3) is 5.69 Å². The quantitative estimate of drug-likeness (QED) is 0.539. The van der Waals surface area contributed by atoms with Crippen LogP contribution in [0.2, 0.25) is 0 Å². The highest BCUT2D eigenvalue weighted by Crippen LogP contribution is 2.24. The van der Waals surface area contributed by atoms with E-state index in [2.05, 4.69) is 4.99 Å². The van der Waals surface area contributed by atoms with Crippen LogP contribution in [0, 0.1) is 21.4 Å². The van der Waals surface area contributed by atoms with Crippen molar-refractivity contribution in [2.45, 2.75) is 0 Å². The van der Waals surface area contributed by atoms with Gasteiger partial charge in [0, 0.05) is 23.9 Å². The summed E-state index contributed by atoms with van der Waals surface area (Å²) >= 11 is 0. The third kappa shape index (κ3) is 1.48. The molecule has 1 aliphatic heterocycles. The molecule has 0 atom stereocenters. The maximum atomic E-state index is 10.4. The number of benzene rings is 1. The van der Waals surface area contributed by atoms with Gasteiger partial charge in [0.1, 0.15) is 11.8 Å². The first-order valence-corrected chi connectivity index (χ1v) is 4.15. The zero-order chi connectivity index (χ0) is 10.8. The summed E-state index contributed by atoms with van der Waals surface area (Å²) in [5.74, 6) is 0. The van der Waals surface area contributed by atoms with Crippen LogP contribution < -0.4 is 0 Å². The van der Waals surface area contributed by atoms with Crippen LogP contribution in [0.5, 0.6) is 0 Å². The molecule has 0 unspecified atom stereocenters. The van der Waals surface area contributed by atoms with Crippen LogP contribution in [0.3, 0.4) is 0 Å². The molecule has 0 spiro atoms. The van der Waals surface area contributed by atoms with Crippen LogP contribution in [0.25, 0.3) is 5.57 Å². The van der Waals surface area contributed by atoms with Crippen molar-refractivity contribution in [3.8, 4) is 6.07 Å². The van der Waals surface area contributed by atoms with E-state index in [0.29, 0.717) is 5.71 Å². The number of nitrogens with zero attached hydrogens (tertiary/aromatic N) is 3. The molecule has 1 heterocycles. The molecule has 1 aromatic carbocycles. The van der Waals surface area contributed by atoms with Crippen LogP contribution in [0.1, 0.15) is 5.56 Å². The number of nitro benzene ring substituents is 1. The molecule has 0 fully saturated rings. The molecule has 5 nitrogen and oxygen atoms in total. The van der Waals surface area contributed by atoms with Gasteiger partial charge in [-0.2, -0.15) is 5.26 Å². The largest absolute Gasteiger partial charge is 0.269 e. The van der Waals surface area contributed by atoms with Gasteiger partial charge in [-0.25, -0.2) is 4.99 Å². The van der Waals surface area contributed by atoms with Crippen molar-refractivity contribution in [3.05, 3.63) is 46.1 Å². The van der Waals surface area contributed by atoms with Gasteiger partial charge in [-0.15, -0.1) is 0 Å². The van der Waals surface area contributed by atoms with Crippen LogP contribution >= 0.6 is 0 Å². The Kier molecular flexibility index (Phi) is 2.03. The minimum atomic E-state index is -0.460. The van der Waals surface area contributed by atoms with Crippen molar-refractivity contribution in [1.82, 2.24) is 0 Å². The van der Waals surface area contributed by atoms with Crippen molar-refractivity contribution in [2.75, 3.05) is 0 Å². The molecule has 0 bridgehead atoms. The van der Waals surface area contributed by atoms with Crippen LogP contribution in [-0.2, 0) is 0 Å². The number of nitro groups is 1. The lowest BCUT2D eigenvalue weighted by Gasteiger charge is -2.09. The summed E-state index contributed by atoms with van der Waals surface area (Å²) in [6.07, 6.45) is 1.57. The van der Waals surface area contributed by atoms with Crippen molar-refractivity contribution in [2.24, 2.45) is 4.99 Å². The van der Waals surface area contributed by atoms with E-state index >= 15 is 0 Å². The van der Waals surface area contributed by atoms with Crippen molar-refractivity contribution < 1.29 is 4.92 Å². The summed E-state index contributed by atoms with van der Waals surface area (Å²) in [6.45, 7) is 0. The SMILES string of the molecule is N#CC1=NC=C1c1ccc([N+](=O)[O-])cc1. The number of allylic oxidation sites excluding steroid dienone is 1. The molecule has 2 rings (SSSR count). The van der Waals surface area contributed by atoms with E-state index in [4.69, 9.17) is 5.26 Å². The molecule has 0 N–H and O–H groups in total. The van der Waals surface area contributed by atoms with E-state index in [1.807, 2.05) is 6.07 Å². The molecule has 0 saturated heterocycles. The zero-order valence-corrected chi connectivity index (χ0v) is 7.54. The van der Waals surface area contributed by atoms with Gasteiger partial charge in [-0.3, -0.25) is 10.1 Å². The molecule has 0 aliphatic carbocycles. The van der Waals surface area contributed by atoms with Gasteiger partial charge in [-0.05, 0) is 17.7 Å². The monoisotopic (exact) mass is 199 g/mol. The summed E-state index contributed by atoms with van der Waals surface area (Å²) < 4.78 is 0. The maximum Gasteiger partial charge on any atom is 0.269 e. The molecule has 15 heavy (non-hydrogen) atoms. The molecule has 0 aromatic heterocycles. The minimum Gasteiger partial charge on any atom is -0.258 e. The summed E-state index contributed by atoms with van der Waals surface area (Å²) in [4.78, 5) is 13.7. The number of non-ortho nitro benzene ring substituents is 1. The second-order valence-corrected chi connectivity index (χ2v) is 2.94. The average Bonchev–Trinajstić information content (AvgIpc) is 2.17. The van der Waals surface area contributed by atoms with Gasteiger partial charge in [0.15, 0.2) is 0 Å². The number of aliphatic imine (C=N–C) groups is 1. The Morgan fingerprint density at radius 2 is 2.00 bits per heavy atom. The fourth-order valence-corrected chi connectivity index (χ4v) is 1.26. The van der Waals surface area contributed by atoms with Gasteiger partial charge in [0.2, 0.25) is 0 Å². The Hall–Kier alpha value is -2.48. The Morgan fingerprint density at radius 1 is 1.33 bits per heavy atom. The second-order valence-electron chi connectivity index (χ2n) is 2.94. The fraction of sp³-hybridized carbons (Fsp3) is 0. The molecular weight excluding hydrogens is 194 g/mol. The average molecular weight is 199 g/mol. The van der Waals surface area contributed by atoms with E-state index in [1.54, 1.807) is 18.3 Å². The van der Waals surface area contributed by atoms with Gasteiger partial charge in [-0.1, -0.05) is 0 Å². The topological polar surface area (TPSA) is 79.3 Å². The predicted molar refractivity (Wildman–Crippen MR) is 54.1 cm³/mol. The van der Waals surface area contributed by atoms with Gasteiger partial charge in [0.05, 0.1) is 4.92 Å². The molecule has 0 radical (unpaired) electrons. The number of hydrogen-bond acceptors (Lipinski definition) is 4. The summed E-state index contributed by atoms with van der Waals surface area (Å²) in [5.41, 5.74) is 1.90. The maximum absolute atomic E-state index is 10.4. The van der Waals surface area contributed by atoms with Crippen molar-refractivity contribution in [3.63, 3.8) is 0 Å². The Bertz CT molecular complexity index is 521. The first-order valence-electron chi connectivity index (χ1n) is 4.15. The standard InChI is InChI=1S/C10H5N3O2/c11-5-10-9(6-12-10)7-1-3-8(4-2-7)13(14)15/h1-4,6H. The second kappa shape index (κ2) is 3.35. The third-order valence-electron chi connectivity index (χ3n) is 2.07. The Morgan fingerprint density at radius 3 is 2.40 bits per heavy atom. The van der Waals surface area contributed by atoms with E-state index in [9.17, 15) is 10.1 Å². The normalized spacial score (nSPS) is 13.3. The Labute approximate surface area is 85.1 Å². The smallest absolute Gasteiger partial charge is 0.258 e. The van der Waals surface area contributed by atoms with E-state index in [1.165, 1.54) is 12.1 Å². The summed E-state index contributed by atoms with van der Waals surface area (Å²) in [7, 11) is 0. The highest BCUT2D eigenvalue weighted by atomic mass is 16.6. The molecule has 1 aliphatic rings. The van der Waals surface area contributed by atoms with Crippen LogP contribution in [0.15, 0.2) is 35.5 Å². The molecule has 72 valence electrons. The minimum absolute atomic E-state index is 0.0362. The molecule has 5 heteroatoms. The number of rotatable bonds is 2. The first-order chi connectivity index (χ1) is 7.22.